The highest BCUT2D eigenvalue weighted by atomic mass is 16.5. The van der Waals surface area contributed by atoms with Crippen LogP contribution in [-0.2, 0) is 29.1 Å². The van der Waals surface area contributed by atoms with Gasteiger partial charge >= 0.3 is 0 Å². The molecule has 3 atom stereocenters. The molecule has 7 heteroatoms. The molecule has 0 radical (unpaired) electrons. The number of amides is 1. The molecule has 1 unspecified atom stereocenters. The molecule has 1 saturated heterocycles. The van der Waals surface area contributed by atoms with Gasteiger partial charge in [0.2, 0.25) is 11.8 Å². The maximum atomic E-state index is 12.8. The summed E-state index contributed by atoms with van der Waals surface area (Å²) in [5.74, 6) is 2.69. The molecule has 1 saturated carbocycles. The fraction of sp³-hybridized carbons (Fsp3) is 0.500. The maximum Gasteiger partial charge on any atom is 0.226 e. The second kappa shape index (κ2) is 5.84. The van der Waals surface area contributed by atoms with Crippen molar-refractivity contribution in [2.24, 2.45) is 17.8 Å². The van der Waals surface area contributed by atoms with E-state index in [0.717, 1.165) is 30.2 Å². The summed E-state index contributed by atoms with van der Waals surface area (Å²) in [5.41, 5.74) is 1.73. The quantitative estimate of drug-likeness (QED) is 0.837. The predicted octanol–water partition coefficient (Wildman–Crippen LogP) is 1.43. The van der Waals surface area contributed by atoms with Crippen LogP contribution in [0.1, 0.15) is 17.0 Å². The van der Waals surface area contributed by atoms with Crippen LogP contribution >= 0.6 is 0 Å². The Labute approximate surface area is 144 Å². The van der Waals surface area contributed by atoms with Crippen LogP contribution in [-0.4, -0.2) is 40.7 Å². The Morgan fingerprint density at radius 1 is 1.32 bits per heavy atom. The zero-order chi connectivity index (χ0) is 16.8. The predicted molar refractivity (Wildman–Crippen MR) is 85.5 cm³/mol. The Balaban J connectivity index is 1.27. The van der Waals surface area contributed by atoms with Crippen molar-refractivity contribution in [3.8, 4) is 5.88 Å². The molecular formula is C18H19N3O4. The van der Waals surface area contributed by atoms with E-state index in [-0.39, 0.29) is 11.8 Å². The fourth-order valence-corrected chi connectivity index (χ4v) is 3.96. The summed E-state index contributed by atoms with van der Waals surface area (Å²) in [5, 5.41) is 4.14. The highest BCUT2D eigenvalue weighted by Crippen LogP contribution is 2.51. The normalized spacial score (nSPS) is 26.9. The molecule has 0 N–H and O–H groups in total. The average molecular weight is 341 g/mol. The van der Waals surface area contributed by atoms with E-state index in [1.807, 2.05) is 17.0 Å². The molecule has 2 aromatic heterocycles. The molecule has 2 aliphatic heterocycles. The van der Waals surface area contributed by atoms with Gasteiger partial charge in [-0.1, -0.05) is 11.2 Å². The number of ether oxygens (including phenoxy) is 2. The molecular weight excluding hydrogens is 322 g/mol. The van der Waals surface area contributed by atoms with E-state index < -0.39 is 0 Å². The fourth-order valence-electron chi connectivity index (χ4n) is 3.96. The van der Waals surface area contributed by atoms with Gasteiger partial charge in [0.1, 0.15) is 18.1 Å². The minimum Gasteiger partial charge on any atom is -0.471 e. The second-order valence-corrected chi connectivity index (χ2v) is 6.89. The first kappa shape index (κ1) is 14.9. The van der Waals surface area contributed by atoms with Crippen molar-refractivity contribution in [2.75, 3.05) is 19.8 Å². The van der Waals surface area contributed by atoms with Gasteiger partial charge in [0.05, 0.1) is 19.8 Å². The number of fused-ring (bicyclic) bond motifs is 2. The summed E-state index contributed by atoms with van der Waals surface area (Å²) in [7, 11) is 0. The SMILES string of the molecule is O=C(C1[C@H]2COC[C@@H]12)N1CCc2onc(COc3ccccn3)c2C1. The van der Waals surface area contributed by atoms with Crippen LogP contribution < -0.4 is 4.74 Å². The van der Waals surface area contributed by atoms with Gasteiger partial charge < -0.3 is 18.9 Å². The molecule has 5 rings (SSSR count). The molecule has 0 spiro atoms. The van der Waals surface area contributed by atoms with Crippen LogP contribution in [0.4, 0.5) is 0 Å². The summed E-state index contributed by atoms with van der Waals surface area (Å²) >= 11 is 0. The minimum atomic E-state index is 0.156. The van der Waals surface area contributed by atoms with E-state index >= 15 is 0 Å². The van der Waals surface area contributed by atoms with Gasteiger partial charge in [-0.2, -0.15) is 0 Å². The number of hydrogen-bond donors (Lipinski definition) is 0. The van der Waals surface area contributed by atoms with Crippen LogP contribution in [0.3, 0.4) is 0 Å². The van der Waals surface area contributed by atoms with E-state index in [9.17, 15) is 4.79 Å². The Kier molecular flexibility index (Phi) is 3.48. The Hall–Kier alpha value is -2.41. The van der Waals surface area contributed by atoms with E-state index in [1.165, 1.54) is 0 Å². The summed E-state index contributed by atoms with van der Waals surface area (Å²) in [4.78, 5) is 18.9. The molecule has 1 aliphatic carbocycles. The molecule has 2 aromatic rings. The van der Waals surface area contributed by atoms with Crippen molar-refractivity contribution in [3.05, 3.63) is 41.4 Å². The summed E-state index contributed by atoms with van der Waals surface area (Å²) < 4.78 is 16.5. The van der Waals surface area contributed by atoms with Gasteiger partial charge in [-0.3, -0.25) is 4.79 Å². The van der Waals surface area contributed by atoms with Gasteiger partial charge in [-0.25, -0.2) is 4.98 Å². The van der Waals surface area contributed by atoms with E-state index in [1.54, 1.807) is 12.3 Å². The third kappa shape index (κ3) is 2.59. The van der Waals surface area contributed by atoms with Crippen molar-refractivity contribution < 1.29 is 18.8 Å². The Bertz CT molecular complexity index is 781. The van der Waals surface area contributed by atoms with E-state index in [2.05, 4.69) is 10.1 Å². The first-order valence-electron chi connectivity index (χ1n) is 8.68. The van der Waals surface area contributed by atoms with Gasteiger partial charge in [-0.05, 0) is 17.9 Å². The third-order valence-electron chi connectivity index (χ3n) is 5.45. The van der Waals surface area contributed by atoms with Gasteiger partial charge in [0.25, 0.3) is 0 Å². The Morgan fingerprint density at radius 2 is 2.20 bits per heavy atom. The lowest BCUT2D eigenvalue weighted by atomic mass is 10.1. The van der Waals surface area contributed by atoms with Crippen LogP contribution in [0.15, 0.2) is 28.9 Å². The smallest absolute Gasteiger partial charge is 0.226 e. The number of rotatable bonds is 4. The number of nitrogens with zero attached hydrogens (tertiary/aromatic N) is 3. The topological polar surface area (TPSA) is 77.7 Å². The van der Waals surface area contributed by atoms with Crippen molar-refractivity contribution in [1.29, 1.82) is 0 Å². The first-order chi connectivity index (χ1) is 12.3. The molecule has 4 heterocycles. The van der Waals surface area contributed by atoms with Crippen molar-refractivity contribution in [2.45, 2.75) is 19.6 Å². The molecule has 0 bridgehead atoms. The third-order valence-corrected chi connectivity index (χ3v) is 5.45. The maximum absolute atomic E-state index is 12.8. The average Bonchev–Trinajstić information content (AvgIpc) is 3.00. The van der Waals surface area contributed by atoms with Crippen molar-refractivity contribution in [1.82, 2.24) is 15.0 Å². The molecule has 25 heavy (non-hydrogen) atoms. The highest BCUT2D eigenvalue weighted by molar-refractivity contribution is 5.83. The van der Waals surface area contributed by atoms with Gasteiger partial charge in [-0.15, -0.1) is 0 Å². The van der Waals surface area contributed by atoms with Crippen LogP contribution in [0, 0.1) is 17.8 Å². The van der Waals surface area contributed by atoms with Crippen LogP contribution in [0.5, 0.6) is 5.88 Å². The molecule has 3 aliphatic rings. The molecule has 2 fully saturated rings. The zero-order valence-electron chi connectivity index (χ0n) is 13.8. The molecule has 7 nitrogen and oxygen atoms in total. The first-order valence-corrected chi connectivity index (χ1v) is 8.68. The lowest BCUT2D eigenvalue weighted by Gasteiger charge is -2.27. The number of aromatic nitrogens is 2. The standard InChI is InChI=1S/C18H19N3O4/c22-18(17-12-8-23-9-13(12)17)21-6-4-15-11(7-21)14(20-25-15)10-24-16-3-1-2-5-19-16/h1-3,5,12-13,17H,4,6-10H2/t12-,13+,17?. The van der Waals surface area contributed by atoms with Crippen molar-refractivity contribution in [3.63, 3.8) is 0 Å². The largest absolute Gasteiger partial charge is 0.471 e. The minimum absolute atomic E-state index is 0.156. The number of carbonyl (C=O) groups excluding carboxylic acids is 1. The van der Waals surface area contributed by atoms with Crippen LogP contribution in [0.25, 0.3) is 0 Å². The molecule has 1 amide bonds. The molecule has 130 valence electrons. The second-order valence-electron chi connectivity index (χ2n) is 6.89. The zero-order valence-corrected chi connectivity index (χ0v) is 13.8. The van der Waals surface area contributed by atoms with Gasteiger partial charge in [0.15, 0.2) is 0 Å². The molecule has 0 aromatic carbocycles. The summed E-state index contributed by atoms with van der Waals surface area (Å²) in [6.45, 7) is 3.00. The lowest BCUT2D eigenvalue weighted by Crippen LogP contribution is -2.38. The summed E-state index contributed by atoms with van der Waals surface area (Å²) in [6.07, 6.45) is 2.39. The number of pyridine rings is 1. The lowest BCUT2D eigenvalue weighted by molar-refractivity contribution is -0.135. The van der Waals surface area contributed by atoms with E-state index in [0.29, 0.717) is 43.8 Å². The Morgan fingerprint density at radius 3 is 3.00 bits per heavy atom. The van der Waals surface area contributed by atoms with Gasteiger partial charge in [0, 0.05) is 36.7 Å². The highest BCUT2D eigenvalue weighted by Gasteiger charge is 2.59. The monoisotopic (exact) mass is 341 g/mol. The van der Waals surface area contributed by atoms with Crippen LogP contribution in [0.2, 0.25) is 0 Å². The number of hydrogen-bond acceptors (Lipinski definition) is 6. The van der Waals surface area contributed by atoms with E-state index in [4.69, 9.17) is 14.0 Å². The summed E-state index contributed by atoms with van der Waals surface area (Å²) in [6, 6.07) is 5.51. The number of carbonyl (C=O) groups is 1. The van der Waals surface area contributed by atoms with Crippen molar-refractivity contribution >= 4 is 5.91 Å².